The van der Waals surface area contributed by atoms with Crippen molar-refractivity contribution in [3.05, 3.63) is 42.5 Å². The average Bonchev–Trinajstić information content (AvgIpc) is 3.20. The van der Waals surface area contributed by atoms with Crippen LogP contribution >= 0.6 is 35.7 Å². The molecule has 26 heavy (non-hydrogen) atoms. The molecule has 1 aliphatic carbocycles. The van der Waals surface area contributed by atoms with Gasteiger partial charge in [0.05, 0.1) is 5.69 Å². The lowest BCUT2D eigenvalue weighted by atomic mass is 9.95. The standard InChI is InChI=1S/C18H26N6S.HI/c1-19-18(23-15-6-4-8-17(10-15)25-2)21-11-14-5-3-7-16(9-14)24-13-20-12-22-24;/h3,5,7,9,12-13,15,17H,4,6,8,10-11H2,1-2H3,(H2,19,21,23);1H. The van der Waals surface area contributed by atoms with Gasteiger partial charge in [0.15, 0.2) is 5.96 Å². The van der Waals surface area contributed by atoms with Gasteiger partial charge in [0.25, 0.3) is 0 Å². The number of hydrogen-bond acceptors (Lipinski definition) is 4. The summed E-state index contributed by atoms with van der Waals surface area (Å²) in [4.78, 5) is 8.38. The second-order valence-corrected chi connectivity index (χ2v) is 7.44. The van der Waals surface area contributed by atoms with Crippen molar-refractivity contribution in [3.8, 4) is 5.69 Å². The Morgan fingerprint density at radius 3 is 3.00 bits per heavy atom. The number of aliphatic imine (C=N–C) groups is 1. The molecule has 1 fully saturated rings. The first kappa shape index (κ1) is 21.0. The lowest BCUT2D eigenvalue weighted by Gasteiger charge is -2.29. The number of aromatic nitrogens is 3. The fraction of sp³-hybridized carbons (Fsp3) is 0.500. The SMILES string of the molecule is CN=C(NCc1cccc(-n2cncn2)c1)NC1CCCC(SC)C1.I. The van der Waals surface area contributed by atoms with Crippen molar-refractivity contribution in [2.24, 2.45) is 4.99 Å². The predicted molar refractivity (Wildman–Crippen MR) is 120 cm³/mol. The van der Waals surface area contributed by atoms with Gasteiger partial charge in [-0.3, -0.25) is 4.99 Å². The van der Waals surface area contributed by atoms with Crippen LogP contribution in [0.4, 0.5) is 0 Å². The minimum absolute atomic E-state index is 0. The second kappa shape index (κ2) is 10.8. The summed E-state index contributed by atoms with van der Waals surface area (Å²) < 4.78 is 1.77. The molecule has 1 aliphatic rings. The number of nitrogens with zero attached hydrogens (tertiary/aromatic N) is 4. The summed E-state index contributed by atoms with van der Waals surface area (Å²) >= 11 is 1.98. The van der Waals surface area contributed by atoms with Crippen LogP contribution in [0, 0.1) is 0 Å². The molecule has 0 radical (unpaired) electrons. The van der Waals surface area contributed by atoms with Gasteiger partial charge in [-0.25, -0.2) is 9.67 Å². The monoisotopic (exact) mass is 486 g/mol. The molecule has 6 nitrogen and oxygen atoms in total. The van der Waals surface area contributed by atoms with E-state index in [1.807, 2.05) is 30.9 Å². The molecule has 1 aromatic heterocycles. The topological polar surface area (TPSA) is 67.1 Å². The molecular weight excluding hydrogens is 459 g/mol. The van der Waals surface area contributed by atoms with Crippen molar-refractivity contribution in [2.45, 2.75) is 43.5 Å². The van der Waals surface area contributed by atoms with Gasteiger partial charge in [-0.15, -0.1) is 24.0 Å². The number of hydrogen-bond donors (Lipinski definition) is 2. The lowest BCUT2D eigenvalue weighted by Crippen LogP contribution is -2.45. The van der Waals surface area contributed by atoms with E-state index in [9.17, 15) is 0 Å². The number of rotatable bonds is 5. The Balaban J connectivity index is 0.00000243. The number of benzene rings is 1. The second-order valence-electron chi connectivity index (χ2n) is 6.30. The van der Waals surface area contributed by atoms with Gasteiger partial charge in [0.2, 0.25) is 0 Å². The van der Waals surface area contributed by atoms with Crippen molar-refractivity contribution < 1.29 is 0 Å². The van der Waals surface area contributed by atoms with Crippen LogP contribution in [0.3, 0.4) is 0 Å². The van der Waals surface area contributed by atoms with Crippen LogP contribution in [0.25, 0.3) is 5.69 Å². The number of halogens is 1. The molecule has 0 saturated heterocycles. The number of nitrogens with one attached hydrogen (secondary N) is 2. The van der Waals surface area contributed by atoms with Crippen molar-refractivity contribution in [2.75, 3.05) is 13.3 Å². The third-order valence-corrected chi connectivity index (χ3v) is 5.67. The van der Waals surface area contributed by atoms with E-state index in [2.05, 4.69) is 44.1 Å². The average molecular weight is 486 g/mol. The molecule has 1 saturated carbocycles. The van der Waals surface area contributed by atoms with Gasteiger partial charge in [0, 0.05) is 24.9 Å². The maximum absolute atomic E-state index is 4.38. The van der Waals surface area contributed by atoms with Gasteiger partial charge >= 0.3 is 0 Å². The minimum atomic E-state index is 0. The van der Waals surface area contributed by atoms with E-state index in [0.29, 0.717) is 6.04 Å². The van der Waals surface area contributed by atoms with Gasteiger partial charge in [0.1, 0.15) is 12.7 Å². The van der Waals surface area contributed by atoms with E-state index in [1.165, 1.54) is 31.2 Å². The van der Waals surface area contributed by atoms with E-state index < -0.39 is 0 Å². The van der Waals surface area contributed by atoms with Crippen molar-refractivity contribution in [1.82, 2.24) is 25.4 Å². The molecule has 2 N–H and O–H groups in total. The van der Waals surface area contributed by atoms with Gasteiger partial charge in [-0.1, -0.05) is 18.6 Å². The summed E-state index contributed by atoms with van der Waals surface area (Å²) in [6, 6.07) is 8.79. The maximum atomic E-state index is 4.38. The van der Waals surface area contributed by atoms with Crippen LogP contribution in [-0.2, 0) is 6.54 Å². The molecule has 2 atom stereocenters. The van der Waals surface area contributed by atoms with Crippen LogP contribution in [0.2, 0.25) is 0 Å². The van der Waals surface area contributed by atoms with E-state index in [4.69, 9.17) is 0 Å². The summed E-state index contributed by atoms with van der Waals surface area (Å²) in [6.07, 6.45) is 10.5. The highest BCUT2D eigenvalue weighted by Gasteiger charge is 2.21. The molecule has 0 amide bonds. The molecular formula is C18H27IN6S. The van der Waals surface area contributed by atoms with E-state index in [0.717, 1.165) is 23.4 Å². The van der Waals surface area contributed by atoms with Crippen LogP contribution < -0.4 is 10.6 Å². The summed E-state index contributed by atoms with van der Waals surface area (Å²) in [5.41, 5.74) is 2.19. The quantitative estimate of drug-likeness (QED) is 0.386. The molecule has 0 aliphatic heterocycles. The zero-order valence-electron chi connectivity index (χ0n) is 15.3. The maximum Gasteiger partial charge on any atom is 0.191 e. The highest BCUT2D eigenvalue weighted by atomic mass is 127. The smallest absolute Gasteiger partial charge is 0.191 e. The molecule has 1 heterocycles. The van der Waals surface area contributed by atoms with Crippen LogP contribution in [0.5, 0.6) is 0 Å². The van der Waals surface area contributed by atoms with Crippen molar-refractivity contribution in [1.29, 1.82) is 0 Å². The summed E-state index contributed by atoms with van der Waals surface area (Å²) in [6.45, 7) is 0.723. The first-order valence-corrected chi connectivity index (χ1v) is 10.0. The highest BCUT2D eigenvalue weighted by Crippen LogP contribution is 2.26. The van der Waals surface area contributed by atoms with Crippen molar-refractivity contribution in [3.63, 3.8) is 0 Å². The molecule has 2 unspecified atom stereocenters. The minimum Gasteiger partial charge on any atom is -0.354 e. The Morgan fingerprint density at radius 1 is 1.38 bits per heavy atom. The third kappa shape index (κ3) is 5.87. The Morgan fingerprint density at radius 2 is 2.27 bits per heavy atom. The van der Waals surface area contributed by atoms with E-state index in [1.54, 1.807) is 17.3 Å². The Labute approximate surface area is 176 Å². The van der Waals surface area contributed by atoms with E-state index >= 15 is 0 Å². The van der Waals surface area contributed by atoms with Gasteiger partial charge in [-0.2, -0.15) is 16.9 Å². The van der Waals surface area contributed by atoms with E-state index in [-0.39, 0.29) is 24.0 Å². The number of thioether (sulfide) groups is 1. The molecule has 3 rings (SSSR count). The number of guanidine groups is 1. The van der Waals surface area contributed by atoms with Crippen molar-refractivity contribution >= 4 is 41.7 Å². The first-order chi connectivity index (χ1) is 12.3. The Kier molecular flexibility index (Phi) is 8.70. The molecule has 142 valence electrons. The Bertz CT molecular complexity index is 691. The summed E-state index contributed by atoms with van der Waals surface area (Å²) in [5, 5.41) is 12.0. The molecule has 2 aromatic rings. The van der Waals surface area contributed by atoms with Crippen LogP contribution in [0.15, 0.2) is 41.9 Å². The fourth-order valence-corrected chi connectivity index (χ4v) is 4.04. The van der Waals surface area contributed by atoms with Crippen LogP contribution in [0.1, 0.15) is 31.2 Å². The molecule has 1 aromatic carbocycles. The largest absolute Gasteiger partial charge is 0.354 e. The lowest BCUT2D eigenvalue weighted by molar-refractivity contribution is 0.419. The normalized spacial score (nSPS) is 20.3. The third-order valence-electron chi connectivity index (χ3n) is 4.58. The molecule has 8 heteroatoms. The summed E-state index contributed by atoms with van der Waals surface area (Å²) in [7, 11) is 1.83. The fourth-order valence-electron chi connectivity index (χ4n) is 3.21. The first-order valence-electron chi connectivity index (χ1n) is 8.72. The predicted octanol–water partition coefficient (Wildman–Crippen LogP) is 3.22. The molecule has 0 spiro atoms. The highest BCUT2D eigenvalue weighted by molar-refractivity contribution is 14.0. The zero-order valence-corrected chi connectivity index (χ0v) is 18.4. The molecule has 0 bridgehead atoms. The van der Waals surface area contributed by atoms with Gasteiger partial charge < -0.3 is 10.6 Å². The summed E-state index contributed by atoms with van der Waals surface area (Å²) in [5.74, 6) is 0.873. The Hall–Kier alpha value is -1.29. The zero-order chi connectivity index (χ0) is 17.5. The van der Waals surface area contributed by atoms with Gasteiger partial charge in [-0.05, 0) is 43.2 Å². The van der Waals surface area contributed by atoms with Crippen LogP contribution in [-0.4, -0.2) is 45.3 Å².